The van der Waals surface area contributed by atoms with Gasteiger partial charge < -0.3 is 4.90 Å². The van der Waals surface area contributed by atoms with E-state index in [1.807, 2.05) is 4.90 Å². The molecule has 0 aromatic heterocycles. The van der Waals surface area contributed by atoms with Crippen molar-refractivity contribution < 1.29 is 4.79 Å². The fourth-order valence-corrected chi connectivity index (χ4v) is 2.92. The zero-order valence-corrected chi connectivity index (χ0v) is 15.5. The van der Waals surface area contributed by atoms with Crippen LogP contribution >= 0.6 is 31.9 Å². The Hall–Kier alpha value is -0.270. The second kappa shape index (κ2) is 9.63. The highest BCUT2D eigenvalue weighted by Crippen LogP contribution is 2.29. The lowest BCUT2D eigenvalue weighted by Crippen LogP contribution is -2.44. The highest BCUT2D eigenvalue weighted by atomic mass is 79.9. The lowest BCUT2D eigenvalue weighted by Gasteiger charge is -2.35. The van der Waals surface area contributed by atoms with Gasteiger partial charge in [-0.25, -0.2) is 0 Å². The minimum atomic E-state index is 0.176. The maximum atomic E-state index is 12.1. The Morgan fingerprint density at radius 2 is 2.10 bits per heavy atom. The number of carbonyl (C=O) groups excluding carboxylic acids is 1. The van der Waals surface area contributed by atoms with Gasteiger partial charge in [-0.1, -0.05) is 25.7 Å². The van der Waals surface area contributed by atoms with Gasteiger partial charge in [0.1, 0.15) is 0 Å². The summed E-state index contributed by atoms with van der Waals surface area (Å²) in [5.74, 6) is 6.59. The molecule has 1 amide bonds. The molecule has 0 aliphatic carbocycles. The fourth-order valence-electron chi connectivity index (χ4n) is 2.39. The van der Waals surface area contributed by atoms with Crippen LogP contribution in [0, 0.1) is 11.8 Å². The van der Waals surface area contributed by atoms with Gasteiger partial charge in [-0.15, -0.1) is 5.92 Å². The van der Waals surface area contributed by atoms with Gasteiger partial charge in [0.15, 0.2) is 0 Å². The number of halogens is 2. The van der Waals surface area contributed by atoms with E-state index in [1.54, 1.807) is 0 Å². The van der Waals surface area contributed by atoms with E-state index in [9.17, 15) is 4.79 Å². The van der Waals surface area contributed by atoms with E-state index < -0.39 is 0 Å². The van der Waals surface area contributed by atoms with Gasteiger partial charge in [0.05, 0.1) is 16.0 Å². The number of hydrogen-bond donors (Lipinski definition) is 0. The van der Waals surface area contributed by atoms with Crippen molar-refractivity contribution in [1.29, 1.82) is 0 Å². The second-order valence-corrected chi connectivity index (χ2v) is 7.83. The third-order valence-corrected chi connectivity index (χ3v) is 4.89. The molecule has 20 heavy (non-hydrogen) atoms. The summed E-state index contributed by atoms with van der Waals surface area (Å²) in [7, 11) is 0. The van der Waals surface area contributed by atoms with Crippen molar-refractivity contribution in [1.82, 2.24) is 4.90 Å². The van der Waals surface area contributed by atoms with Crippen molar-refractivity contribution in [3.63, 3.8) is 0 Å². The van der Waals surface area contributed by atoms with E-state index in [-0.39, 0.29) is 11.9 Å². The summed E-state index contributed by atoms with van der Waals surface area (Å²) in [5, 5.41) is 0. The summed E-state index contributed by atoms with van der Waals surface area (Å²) in [4.78, 5) is 14.0. The lowest BCUT2D eigenvalue weighted by atomic mass is 9.96. The monoisotopic (exact) mass is 403 g/mol. The van der Waals surface area contributed by atoms with Crippen LogP contribution in [0.25, 0.3) is 0 Å². The van der Waals surface area contributed by atoms with E-state index in [0.717, 1.165) is 29.1 Å². The smallest absolute Gasteiger partial charge is 0.223 e. The molecular formula is C16H23Br2NO. The SMILES string of the molecule is CCCCCC#CCN1C(=O)CCC[C@H]1C(C)=C(Br)Br. The van der Waals surface area contributed by atoms with Crippen LogP contribution < -0.4 is 0 Å². The highest BCUT2D eigenvalue weighted by Gasteiger charge is 2.29. The minimum Gasteiger partial charge on any atom is -0.325 e. The van der Waals surface area contributed by atoms with Crippen LogP contribution in [0.2, 0.25) is 0 Å². The molecule has 0 saturated carbocycles. The molecule has 1 heterocycles. The molecule has 1 aliphatic rings. The van der Waals surface area contributed by atoms with Crippen LogP contribution in [0.15, 0.2) is 8.96 Å². The number of likely N-dealkylation sites (tertiary alicyclic amines) is 1. The molecule has 4 heteroatoms. The number of carbonyl (C=O) groups is 1. The van der Waals surface area contributed by atoms with Crippen molar-refractivity contribution in [3.8, 4) is 11.8 Å². The summed E-state index contributed by atoms with van der Waals surface area (Å²) in [6, 6.07) is 0.176. The Balaban J connectivity index is 2.62. The van der Waals surface area contributed by atoms with Crippen LogP contribution in [-0.4, -0.2) is 23.4 Å². The molecule has 1 fully saturated rings. The molecule has 1 saturated heterocycles. The molecule has 0 unspecified atom stereocenters. The van der Waals surface area contributed by atoms with Crippen molar-refractivity contribution in [2.24, 2.45) is 0 Å². The van der Waals surface area contributed by atoms with Crippen LogP contribution in [0.4, 0.5) is 0 Å². The van der Waals surface area contributed by atoms with Gasteiger partial charge >= 0.3 is 0 Å². The summed E-state index contributed by atoms with van der Waals surface area (Å²) >= 11 is 6.91. The summed E-state index contributed by atoms with van der Waals surface area (Å²) in [6.07, 6.45) is 7.20. The summed E-state index contributed by atoms with van der Waals surface area (Å²) in [5.41, 5.74) is 1.17. The second-order valence-electron chi connectivity index (χ2n) is 5.18. The van der Waals surface area contributed by atoms with Crippen molar-refractivity contribution >= 4 is 37.8 Å². The first-order chi connectivity index (χ1) is 9.57. The Kier molecular flexibility index (Phi) is 8.56. The van der Waals surface area contributed by atoms with Gasteiger partial charge in [-0.3, -0.25) is 4.79 Å². The van der Waals surface area contributed by atoms with E-state index in [4.69, 9.17) is 0 Å². The fraction of sp³-hybridized carbons (Fsp3) is 0.688. The zero-order chi connectivity index (χ0) is 15.0. The zero-order valence-electron chi connectivity index (χ0n) is 12.3. The predicted molar refractivity (Wildman–Crippen MR) is 91.8 cm³/mol. The third kappa shape index (κ3) is 5.61. The number of rotatable bonds is 5. The summed E-state index contributed by atoms with van der Waals surface area (Å²) in [6.45, 7) is 4.81. The van der Waals surface area contributed by atoms with E-state index in [1.165, 1.54) is 18.4 Å². The minimum absolute atomic E-state index is 0.176. The molecule has 0 aromatic rings. The van der Waals surface area contributed by atoms with Gasteiger partial charge in [0, 0.05) is 12.8 Å². The molecule has 0 radical (unpaired) electrons. The molecule has 112 valence electrons. The predicted octanol–water partition coefficient (Wildman–Crippen LogP) is 4.97. The highest BCUT2D eigenvalue weighted by molar-refractivity contribution is 9.28. The number of unbranched alkanes of at least 4 members (excludes halogenated alkanes) is 3. The maximum Gasteiger partial charge on any atom is 0.223 e. The van der Waals surface area contributed by atoms with Gasteiger partial charge in [-0.2, -0.15) is 0 Å². The Bertz CT molecular complexity index is 416. The molecule has 1 aliphatic heterocycles. The number of nitrogens with zero attached hydrogens (tertiary/aromatic N) is 1. The molecule has 1 rings (SSSR count). The topological polar surface area (TPSA) is 20.3 Å². The molecule has 0 spiro atoms. The first-order valence-electron chi connectivity index (χ1n) is 7.34. The maximum absolute atomic E-state index is 12.1. The van der Waals surface area contributed by atoms with Gasteiger partial charge in [0.2, 0.25) is 5.91 Å². The average Bonchev–Trinajstić information content (AvgIpc) is 2.43. The Labute approximate surface area is 139 Å². The average molecular weight is 405 g/mol. The van der Waals surface area contributed by atoms with Crippen molar-refractivity contribution in [2.75, 3.05) is 6.54 Å². The molecule has 0 N–H and O–H groups in total. The van der Waals surface area contributed by atoms with E-state index in [0.29, 0.717) is 13.0 Å². The molecule has 2 nitrogen and oxygen atoms in total. The van der Waals surface area contributed by atoms with Crippen LogP contribution in [0.5, 0.6) is 0 Å². The largest absolute Gasteiger partial charge is 0.325 e. The number of amides is 1. The van der Waals surface area contributed by atoms with E-state index in [2.05, 4.69) is 57.5 Å². The molecule has 0 bridgehead atoms. The lowest BCUT2D eigenvalue weighted by molar-refractivity contribution is -0.134. The first kappa shape index (κ1) is 17.8. The van der Waals surface area contributed by atoms with Crippen molar-refractivity contribution in [3.05, 3.63) is 8.96 Å². The normalized spacial score (nSPS) is 18.5. The Morgan fingerprint density at radius 3 is 2.75 bits per heavy atom. The standard InChI is InChI=1S/C16H23Br2NO/c1-3-4-5-6-7-8-12-19-14(13(2)16(17)18)10-9-11-15(19)20/h14H,3-6,9-12H2,1-2H3/t14-/m0/s1. The molecule has 1 atom stereocenters. The molecular weight excluding hydrogens is 382 g/mol. The van der Waals surface area contributed by atoms with Gasteiger partial charge in [0.25, 0.3) is 0 Å². The van der Waals surface area contributed by atoms with Crippen LogP contribution in [0.3, 0.4) is 0 Å². The van der Waals surface area contributed by atoms with Gasteiger partial charge in [-0.05, 0) is 63.6 Å². The van der Waals surface area contributed by atoms with E-state index >= 15 is 0 Å². The first-order valence-corrected chi connectivity index (χ1v) is 8.93. The quantitative estimate of drug-likeness (QED) is 0.467. The number of piperidine rings is 1. The third-order valence-electron chi connectivity index (χ3n) is 3.64. The molecule has 0 aromatic carbocycles. The van der Waals surface area contributed by atoms with Crippen LogP contribution in [0.1, 0.15) is 58.8 Å². The van der Waals surface area contributed by atoms with Crippen LogP contribution in [-0.2, 0) is 4.79 Å². The Morgan fingerprint density at radius 1 is 1.35 bits per heavy atom. The summed E-state index contributed by atoms with van der Waals surface area (Å²) < 4.78 is 0.950. The van der Waals surface area contributed by atoms with Crippen molar-refractivity contribution in [2.45, 2.75) is 64.8 Å². The number of hydrogen-bond acceptors (Lipinski definition) is 1.